The van der Waals surface area contributed by atoms with Gasteiger partial charge < -0.3 is 4.90 Å². The maximum atomic E-state index is 7.22. The van der Waals surface area contributed by atoms with E-state index in [9.17, 15) is 0 Å². The van der Waals surface area contributed by atoms with Crippen LogP contribution in [-0.2, 0) is 0 Å². The molecule has 0 aromatic heterocycles. The molecule has 0 spiro atoms. The molecule has 0 bridgehead atoms. The molecule has 1 saturated heterocycles. The Balaban J connectivity index is 2.26. The molecule has 1 fully saturated rings. The predicted octanol–water partition coefficient (Wildman–Crippen LogP) is 0.712. The minimum atomic E-state index is 0.199. The maximum absolute atomic E-state index is 7.22. The smallest absolute Gasteiger partial charge is 0.0280 e. The van der Waals surface area contributed by atoms with Gasteiger partial charge in [0.25, 0.3) is 0 Å². The van der Waals surface area contributed by atoms with E-state index in [0.717, 1.165) is 19.5 Å². The second kappa shape index (κ2) is 1.61. The van der Waals surface area contributed by atoms with Crippen LogP contribution in [0.2, 0.25) is 0 Å². The summed E-state index contributed by atoms with van der Waals surface area (Å²) in [5.74, 6) is 0. The van der Waals surface area contributed by atoms with E-state index >= 15 is 0 Å². The molecule has 1 atom stereocenters. The zero-order valence-electron chi connectivity index (χ0n) is 5.15. The van der Waals surface area contributed by atoms with E-state index in [1.807, 2.05) is 0 Å². The van der Waals surface area contributed by atoms with Gasteiger partial charge in [-0.2, -0.15) is 0 Å². The van der Waals surface area contributed by atoms with Crippen LogP contribution in [0.15, 0.2) is 0 Å². The SMILES string of the molecule is [2H]C1CCN(C)C1. The van der Waals surface area contributed by atoms with E-state index in [1.165, 1.54) is 0 Å². The standard InChI is InChI=1S/C5H11N/c1-6-4-2-3-5-6/h2-5H2,1H3/i2D. The van der Waals surface area contributed by atoms with Gasteiger partial charge in [0.1, 0.15) is 0 Å². The number of hydrogen-bond donors (Lipinski definition) is 0. The van der Waals surface area contributed by atoms with Crippen LogP contribution in [0.3, 0.4) is 0 Å². The van der Waals surface area contributed by atoms with Gasteiger partial charge in [-0.15, -0.1) is 0 Å². The van der Waals surface area contributed by atoms with Crippen molar-refractivity contribution in [2.24, 2.45) is 0 Å². The minimum absolute atomic E-state index is 0.199. The second-order valence-corrected chi connectivity index (χ2v) is 1.84. The van der Waals surface area contributed by atoms with Crippen molar-refractivity contribution < 1.29 is 1.37 Å². The van der Waals surface area contributed by atoms with Crippen LogP contribution < -0.4 is 0 Å². The third-order valence-electron chi connectivity index (χ3n) is 1.16. The Labute approximate surface area is 40.4 Å². The zero-order chi connectivity index (χ0) is 5.28. The lowest BCUT2D eigenvalue weighted by molar-refractivity contribution is 0.418. The summed E-state index contributed by atoms with van der Waals surface area (Å²) in [4.78, 5) is 2.19. The molecule has 0 aromatic rings. The average Bonchev–Trinajstić information content (AvgIpc) is 1.87. The van der Waals surface area contributed by atoms with Crippen molar-refractivity contribution in [1.82, 2.24) is 4.90 Å². The third kappa shape index (κ3) is 0.716. The number of nitrogens with zero attached hydrogens (tertiary/aromatic N) is 1. The first-order valence-electron chi connectivity index (χ1n) is 2.97. The molecule has 6 heavy (non-hydrogen) atoms. The molecule has 1 aliphatic rings. The molecule has 1 unspecified atom stereocenters. The van der Waals surface area contributed by atoms with Gasteiger partial charge in [-0.25, -0.2) is 0 Å². The van der Waals surface area contributed by atoms with Gasteiger partial charge in [0, 0.05) is 1.37 Å². The van der Waals surface area contributed by atoms with Crippen LogP contribution in [0.5, 0.6) is 0 Å². The van der Waals surface area contributed by atoms with Crippen molar-refractivity contribution in [2.45, 2.75) is 12.8 Å². The lowest BCUT2D eigenvalue weighted by Gasteiger charge is -2.01. The lowest BCUT2D eigenvalue weighted by Crippen LogP contribution is -2.10. The van der Waals surface area contributed by atoms with Crippen LogP contribution in [0.1, 0.15) is 14.2 Å². The molecule has 1 heterocycles. The molecular weight excluding hydrogens is 74.1 g/mol. The van der Waals surface area contributed by atoms with Crippen molar-refractivity contribution in [3.63, 3.8) is 0 Å². The Bertz CT molecular complexity index is 57.1. The Morgan fingerprint density at radius 3 is 2.67 bits per heavy atom. The fraction of sp³-hybridized carbons (Fsp3) is 1.00. The largest absolute Gasteiger partial charge is 0.306 e. The Kier molecular flexibility index (Phi) is 0.810. The topological polar surface area (TPSA) is 3.24 Å². The van der Waals surface area contributed by atoms with E-state index in [1.54, 1.807) is 0 Å². The molecule has 0 radical (unpaired) electrons. The first-order valence-corrected chi connectivity index (χ1v) is 2.40. The van der Waals surface area contributed by atoms with Crippen LogP contribution in [0.25, 0.3) is 0 Å². The average molecular weight is 86.2 g/mol. The number of rotatable bonds is 0. The summed E-state index contributed by atoms with van der Waals surface area (Å²) in [6, 6.07) is 0. The highest BCUT2D eigenvalue weighted by atomic mass is 15.1. The van der Waals surface area contributed by atoms with Crippen LogP contribution in [0, 0.1) is 0 Å². The second-order valence-electron chi connectivity index (χ2n) is 1.84. The van der Waals surface area contributed by atoms with Gasteiger partial charge in [-0.1, -0.05) is 0 Å². The fourth-order valence-corrected chi connectivity index (χ4v) is 0.715. The maximum Gasteiger partial charge on any atom is 0.0280 e. The van der Waals surface area contributed by atoms with Gasteiger partial charge in [-0.05, 0) is 33.0 Å². The number of likely N-dealkylation sites (tertiary alicyclic amines) is 1. The van der Waals surface area contributed by atoms with E-state index in [-0.39, 0.29) is 6.40 Å². The Morgan fingerprint density at radius 1 is 1.67 bits per heavy atom. The van der Waals surface area contributed by atoms with E-state index in [2.05, 4.69) is 11.9 Å². The summed E-state index contributed by atoms with van der Waals surface area (Å²) >= 11 is 0. The van der Waals surface area contributed by atoms with Crippen molar-refractivity contribution in [3.05, 3.63) is 0 Å². The van der Waals surface area contributed by atoms with E-state index < -0.39 is 0 Å². The monoisotopic (exact) mass is 86.1 g/mol. The number of hydrogen-bond acceptors (Lipinski definition) is 1. The minimum Gasteiger partial charge on any atom is -0.306 e. The molecular formula is C5H11N. The summed E-state index contributed by atoms with van der Waals surface area (Å²) in [6.45, 7) is 2.09. The summed E-state index contributed by atoms with van der Waals surface area (Å²) in [5.41, 5.74) is 0. The molecule has 1 heteroatoms. The summed E-state index contributed by atoms with van der Waals surface area (Å²) in [5, 5.41) is 0. The van der Waals surface area contributed by atoms with Crippen LogP contribution in [-0.4, -0.2) is 25.0 Å². The molecule has 0 saturated carbocycles. The highest BCUT2D eigenvalue weighted by Crippen LogP contribution is 2.01. The van der Waals surface area contributed by atoms with E-state index in [4.69, 9.17) is 1.37 Å². The molecule has 0 aliphatic carbocycles. The van der Waals surface area contributed by atoms with Crippen molar-refractivity contribution in [2.75, 3.05) is 20.1 Å². The lowest BCUT2D eigenvalue weighted by atomic mass is 10.4. The fourth-order valence-electron chi connectivity index (χ4n) is 0.715. The molecule has 36 valence electrons. The van der Waals surface area contributed by atoms with Crippen molar-refractivity contribution in [1.29, 1.82) is 0 Å². The van der Waals surface area contributed by atoms with Gasteiger partial charge in [0.15, 0.2) is 0 Å². The predicted molar refractivity (Wildman–Crippen MR) is 26.7 cm³/mol. The zero-order valence-corrected chi connectivity index (χ0v) is 4.15. The highest BCUT2D eigenvalue weighted by molar-refractivity contribution is 4.59. The van der Waals surface area contributed by atoms with Crippen LogP contribution >= 0.6 is 0 Å². The quantitative estimate of drug-likeness (QED) is 0.419. The summed E-state index contributed by atoms with van der Waals surface area (Å²) in [6.07, 6.45) is 1.27. The molecule has 1 aliphatic heterocycles. The molecule has 0 aromatic carbocycles. The van der Waals surface area contributed by atoms with Crippen molar-refractivity contribution in [3.8, 4) is 0 Å². The first kappa shape index (κ1) is 3.03. The van der Waals surface area contributed by atoms with Gasteiger partial charge >= 0.3 is 0 Å². The van der Waals surface area contributed by atoms with Gasteiger partial charge in [0.2, 0.25) is 0 Å². The van der Waals surface area contributed by atoms with Gasteiger partial charge in [0.05, 0.1) is 0 Å². The Hall–Kier alpha value is -0.0400. The van der Waals surface area contributed by atoms with Gasteiger partial charge in [-0.3, -0.25) is 0 Å². The Morgan fingerprint density at radius 2 is 2.50 bits per heavy atom. The summed E-state index contributed by atoms with van der Waals surface area (Å²) < 4.78 is 7.22. The molecule has 1 nitrogen and oxygen atoms in total. The first-order chi connectivity index (χ1) is 3.29. The molecule has 0 N–H and O–H groups in total. The van der Waals surface area contributed by atoms with Crippen molar-refractivity contribution >= 4 is 0 Å². The molecule has 1 rings (SSSR count). The summed E-state index contributed by atoms with van der Waals surface area (Å²) in [7, 11) is 2.06. The van der Waals surface area contributed by atoms with E-state index in [0.29, 0.717) is 0 Å². The molecule has 0 amide bonds. The third-order valence-corrected chi connectivity index (χ3v) is 1.16. The van der Waals surface area contributed by atoms with Crippen LogP contribution in [0.4, 0.5) is 0 Å². The highest BCUT2D eigenvalue weighted by Gasteiger charge is 2.03. The normalized spacial score (nSPS) is 40.2.